The first-order chi connectivity index (χ1) is 9.71. The first-order valence-corrected chi connectivity index (χ1v) is 5.65. The van der Waals surface area contributed by atoms with Crippen molar-refractivity contribution < 1.29 is 4.79 Å². The molecule has 0 spiro atoms. The van der Waals surface area contributed by atoms with Crippen LogP contribution in [0.25, 0.3) is 0 Å². The molecule has 0 aliphatic carbocycles. The zero-order chi connectivity index (χ0) is 14.5. The minimum atomic E-state index is -0.417. The molecule has 1 aromatic heterocycles. The van der Waals surface area contributed by atoms with E-state index in [1.807, 2.05) is 12.1 Å². The van der Waals surface area contributed by atoms with Gasteiger partial charge in [-0.1, -0.05) is 18.2 Å². The van der Waals surface area contributed by atoms with Crippen molar-refractivity contribution in [3.63, 3.8) is 0 Å². The maximum absolute atomic E-state index is 11.7. The van der Waals surface area contributed by atoms with Crippen molar-refractivity contribution in [2.45, 2.75) is 6.54 Å². The average molecular weight is 266 g/mol. The van der Waals surface area contributed by atoms with E-state index in [0.29, 0.717) is 11.1 Å². The van der Waals surface area contributed by atoms with Gasteiger partial charge in [-0.05, 0) is 11.6 Å². The highest BCUT2D eigenvalue weighted by atomic mass is 16.2. The van der Waals surface area contributed by atoms with Crippen LogP contribution in [0.15, 0.2) is 30.6 Å². The molecule has 3 N–H and O–H groups in total. The van der Waals surface area contributed by atoms with E-state index in [-0.39, 0.29) is 17.9 Å². The summed E-state index contributed by atoms with van der Waals surface area (Å²) in [7, 11) is 0. The number of nitrogens with two attached hydrogens (primary N) is 1. The number of nitrogen functional groups attached to an aromatic ring is 1. The first-order valence-electron chi connectivity index (χ1n) is 5.65. The molecule has 2 rings (SSSR count). The molecule has 0 bridgehead atoms. The molecule has 0 fully saturated rings. The summed E-state index contributed by atoms with van der Waals surface area (Å²) in [6.45, 7) is 0.251. The van der Waals surface area contributed by atoms with E-state index >= 15 is 0 Å². The number of nitrogens with one attached hydrogen (secondary N) is 1. The van der Waals surface area contributed by atoms with Gasteiger partial charge in [0.2, 0.25) is 0 Å². The van der Waals surface area contributed by atoms with Gasteiger partial charge in [-0.3, -0.25) is 10.2 Å². The molecule has 0 unspecified atom stereocenters. The average Bonchev–Trinajstić information content (AvgIpc) is 2.88. The lowest BCUT2D eigenvalue weighted by atomic mass is 10.1. The molecule has 0 radical (unpaired) electrons. The predicted molar refractivity (Wildman–Crippen MR) is 68.9 cm³/mol. The van der Waals surface area contributed by atoms with Crippen molar-refractivity contribution in [3.05, 3.63) is 53.1 Å². The lowest BCUT2D eigenvalue weighted by Crippen LogP contribution is -2.31. The smallest absolute Gasteiger partial charge is 0.265 e. The Balaban J connectivity index is 2.42. The van der Waals surface area contributed by atoms with Crippen LogP contribution in [0.2, 0.25) is 0 Å². The number of imidazole rings is 1. The molecule has 0 aliphatic rings. The Bertz CT molecular complexity index is 734. The summed E-state index contributed by atoms with van der Waals surface area (Å²) < 4.78 is 1.52. The number of carbonyl (C=O) groups excluding carboxylic acids is 1. The van der Waals surface area contributed by atoms with Gasteiger partial charge in [0, 0.05) is 5.56 Å². The summed E-state index contributed by atoms with van der Waals surface area (Å²) in [4.78, 5) is 15.5. The van der Waals surface area contributed by atoms with Gasteiger partial charge in [0.25, 0.3) is 5.91 Å². The van der Waals surface area contributed by atoms with Crippen LogP contribution in [-0.2, 0) is 6.54 Å². The maximum Gasteiger partial charge on any atom is 0.265 e. The van der Waals surface area contributed by atoms with Gasteiger partial charge in [-0.15, -0.1) is 0 Å². The quantitative estimate of drug-likeness (QED) is 0.469. The number of amides is 1. The number of hydrazine groups is 1. The summed E-state index contributed by atoms with van der Waals surface area (Å²) in [6, 6.07) is 10.6. The number of nitrogens with zero attached hydrogens (tertiary/aromatic N) is 4. The lowest BCUT2D eigenvalue weighted by molar-refractivity contribution is 0.0952. The van der Waals surface area contributed by atoms with Crippen LogP contribution < -0.4 is 11.3 Å². The molecule has 0 saturated carbocycles. The molecule has 2 aromatic rings. The number of hydrogen-bond acceptors (Lipinski definition) is 5. The van der Waals surface area contributed by atoms with Gasteiger partial charge >= 0.3 is 0 Å². The molecule has 0 atom stereocenters. The van der Waals surface area contributed by atoms with Gasteiger partial charge in [-0.2, -0.15) is 10.5 Å². The Labute approximate surface area is 114 Å². The zero-order valence-corrected chi connectivity index (χ0v) is 10.4. The van der Waals surface area contributed by atoms with Crippen molar-refractivity contribution in [2.75, 3.05) is 0 Å². The number of hydrogen-bond donors (Lipinski definition) is 2. The fraction of sp³-hybridized carbons (Fsp3) is 0.0769. The summed E-state index contributed by atoms with van der Waals surface area (Å²) in [5, 5.41) is 17.9. The molecular weight excluding hydrogens is 256 g/mol. The third-order valence-electron chi connectivity index (χ3n) is 2.78. The van der Waals surface area contributed by atoms with Crippen molar-refractivity contribution in [3.8, 4) is 12.1 Å². The van der Waals surface area contributed by atoms with Crippen LogP contribution in [0.4, 0.5) is 0 Å². The predicted octanol–water partition coefficient (Wildman–Crippen LogP) is 0.278. The normalized spacial score (nSPS) is 9.55. The molecular formula is C13H10N6O. The Morgan fingerprint density at radius 2 is 2.10 bits per heavy atom. The van der Waals surface area contributed by atoms with Crippen LogP contribution in [0, 0.1) is 22.7 Å². The third kappa shape index (κ3) is 2.34. The Hall–Kier alpha value is -3.16. The van der Waals surface area contributed by atoms with E-state index in [1.165, 1.54) is 10.9 Å². The molecule has 7 heteroatoms. The second-order valence-electron chi connectivity index (χ2n) is 3.92. The maximum atomic E-state index is 11.7. The molecule has 0 aliphatic heterocycles. The number of carbonyl (C=O) groups is 1. The molecule has 98 valence electrons. The van der Waals surface area contributed by atoms with E-state index in [0.717, 1.165) is 0 Å². The Kier molecular flexibility index (Phi) is 3.75. The van der Waals surface area contributed by atoms with Crippen molar-refractivity contribution >= 4 is 5.91 Å². The highest BCUT2D eigenvalue weighted by Crippen LogP contribution is 2.13. The van der Waals surface area contributed by atoms with Gasteiger partial charge in [0.1, 0.15) is 12.1 Å². The standard InChI is InChI=1S/C13H10N6O/c14-5-11-12(6-15)19(8-17-11)7-9-3-1-2-4-10(9)13(20)18-16/h1-4,8H,7,16H2,(H,18,20). The van der Waals surface area contributed by atoms with Gasteiger partial charge in [0.15, 0.2) is 11.4 Å². The van der Waals surface area contributed by atoms with E-state index in [1.54, 1.807) is 24.3 Å². The fourth-order valence-electron chi connectivity index (χ4n) is 1.84. The second kappa shape index (κ2) is 5.65. The van der Waals surface area contributed by atoms with Crippen molar-refractivity contribution in [2.24, 2.45) is 5.84 Å². The highest BCUT2D eigenvalue weighted by molar-refractivity contribution is 5.95. The van der Waals surface area contributed by atoms with Crippen molar-refractivity contribution in [1.29, 1.82) is 10.5 Å². The van der Waals surface area contributed by atoms with Crippen LogP contribution in [0.5, 0.6) is 0 Å². The molecule has 1 heterocycles. The monoisotopic (exact) mass is 266 g/mol. The lowest BCUT2D eigenvalue weighted by Gasteiger charge is -2.09. The second-order valence-corrected chi connectivity index (χ2v) is 3.92. The molecule has 0 saturated heterocycles. The minimum absolute atomic E-state index is 0.0632. The Morgan fingerprint density at radius 1 is 1.35 bits per heavy atom. The molecule has 20 heavy (non-hydrogen) atoms. The largest absolute Gasteiger partial charge is 0.317 e. The fourth-order valence-corrected chi connectivity index (χ4v) is 1.84. The number of aromatic nitrogens is 2. The van der Waals surface area contributed by atoms with Gasteiger partial charge in [-0.25, -0.2) is 10.8 Å². The zero-order valence-electron chi connectivity index (χ0n) is 10.4. The third-order valence-corrected chi connectivity index (χ3v) is 2.78. The van der Waals surface area contributed by atoms with Gasteiger partial charge in [0.05, 0.1) is 12.9 Å². The van der Waals surface area contributed by atoms with E-state index in [9.17, 15) is 4.79 Å². The van der Waals surface area contributed by atoms with E-state index in [2.05, 4.69) is 10.4 Å². The summed E-state index contributed by atoms with van der Waals surface area (Å²) in [6.07, 6.45) is 1.40. The van der Waals surface area contributed by atoms with Crippen LogP contribution in [0.3, 0.4) is 0 Å². The summed E-state index contributed by atoms with van der Waals surface area (Å²) in [5.74, 6) is 4.72. The summed E-state index contributed by atoms with van der Waals surface area (Å²) in [5.41, 5.74) is 3.38. The van der Waals surface area contributed by atoms with Crippen LogP contribution in [0.1, 0.15) is 27.3 Å². The molecule has 7 nitrogen and oxygen atoms in total. The highest BCUT2D eigenvalue weighted by Gasteiger charge is 2.14. The number of nitriles is 2. The van der Waals surface area contributed by atoms with E-state index < -0.39 is 5.91 Å². The van der Waals surface area contributed by atoms with Crippen LogP contribution in [-0.4, -0.2) is 15.5 Å². The van der Waals surface area contributed by atoms with Crippen LogP contribution >= 0.6 is 0 Å². The molecule has 1 amide bonds. The summed E-state index contributed by atoms with van der Waals surface area (Å²) >= 11 is 0. The van der Waals surface area contributed by atoms with Gasteiger partial charge < -0.3 is 4.57 Å². The number of benzene rings is 1. The first kappa shape index (κ1) is 13.3. The number of rotatable bonds is 3. The Morgan fingerprint density at radius 3 is 2.75 bits per heavy atom. The van der Waals surface area contributed by atoms with E-state index in [4.69, 9.17) is 16.4 Å². The molecule has 1 aromatic carbocycles. The topological polar surface area (TPSA) is 121 Å². The minimum Gasteiger partial charge on any atom is -0.317 e. The SMILES string of the molecule is N#Cc1ncn(Cc2ccccc2C(=O)NN)c1C#N. The van der Waals surface area contributed by atoms with Crippen molar-refractivity contribution in [1.82, 2.24) is 15.0 Å².